The first-order chi connectivity index (χ1) is 21.6. The molecule has 0 saturated heterocycles. The predicted octanol–water partition coefficient (Wildman–Crippen LogP) is 17.2. The Morgan fingerprint density at radius 1 is 0.208 bits per heavy atom. The van der Waals surface area contributed by atoms with Crippen LogP contribution < -0.4 is 0 Å². The molecule has 282 valence electrons. The number of rotatable bonds is 24. The highest BCUT2D eigenvalue weighted by atomic mass is 35.9. The van der Waals surface area contributed by atoms with Crippen LogP contribution in [0.5, 0.6) is 0 Å². The third kappa shape index (κ3) is 25.9. The maximum absolute atomic E-state index is 6.35. The fourth-order valence-corrected chi connectivity index (χ4v) is 16.4. The van der Waals surface area contributed by atoms with Gasteiger partial charge in [0.1, 0.15) is 0 Å². The van der Waals surface area contributed by atoms with Crippen molar-refractivity contribution in [2.24, 2.45) is 0 Å². The van der Waals surface area contributed by atoms with Crippen LogP contribution in [0.3, 0.4) is 0 Å². The van der Waals surface area contributed by atoms with Crippen LogP contribution in [-0.4, -0.2) is 36.0 Å². The summed E-state index contributed by atoms with van der Waals surface area (Å²) in [6.45, 7) is 0. The topological polar surface area (TPSA) is 0 Å². The molecule has 0 aliphatic carbocycles. The van der Waals surface area contributed by atoms with Crippen LogP contribution in [0.15, 0.2) is 0 Å². The van der Waals surface area contributed by atoms with E-state index < -0.39 is 36.0 Å². The Morgan fingerprint density at radius 2 is 0.312 bits per heavy atom. The van der Waals surface area contributed by atoms with Gasteiger partial charge >= 0.3 is 36.0 Å². The minimum atomic E-state index is -2.89. The zero-order valence-electron chi connectivity index (χ0n) is 25.5. The van der Waals surface area contributed by atoms with Crippen molar-refractivity contribution in [3.8, 4) is 0 Å². The molecule has 1 aromatic rings. The van der Waals surface area contributed by atoms with Crippen molar-refractivity contribution in [2.45, 2.75) is 113 Å². The van der Waals surface area contributed by atoms with Gasteiger partial charge in [0.15, 0.2) is 0 Å². The highest BCUT2D eigenvalue weighted by Gasteiger charge is 2.32. The van der Waals surface area contributed by atoms with Gasteiger partial charge in [-0.15, -0.1) is 199 Å². The monoisotopic (exact) mass is 1120 g/mol. The molecule has 0 saturated carbocycles. The lowest BCUT2D eigenvalue weighted by atomic mass is 9.78. The second-order valence-electron chi connectivity index (χ2n) is 11.7. The van der Waals surface area contributed by atoms with Crippen molar-refractivity contribution in [2.75, 3.05) is 0 Å². The van der Waals surface area contributed by atoms with Gasteiger partial charge in [0.25, 0.3) is 0 Å². The van der Waals surface area contributed by atoms with Crippen molar-refractivity contribution in [3.63, 3.8) is 0 Å². The highest BCUT2D eigenvalue weighted by molar-refractivity contribution is 7.67. The van der Waals surface area contributed by atoms with Gasteiger partial charge in [0, 0.05) is 0 Å². The average molecular weight is 1130 g/mol. The van der Waals surface area contributed by atoms with Crippen LogP contribution in [-0.2, 0) is 38.5 Å². The predicted molar refractivity (Wildman–Crippen MR) is 245 cm³/mol. The van der Waals surface area contributed by atoms with Crippen LogP contribution >= 0.6 is 199 Å². The zero-order valence-corrected chi connectivity index (χ0v) is 45.1. The van der Waals surface area contributed by atoms with Crippen LogP contribution in [0.25, 0.3) is 0 Å². The molecular weight excluding hydrogens is 1090 g/mol. The summed E-state index contributed by atoms with van der Waals surface area (Å²) >= 11 is 114. The molecule has 0 aromatic heterocycles. The molecule has 0 aliphatic rings. The summed E-state index contributed by atoms with van der Waals surface area (Å²) in [6.07, 6.45) is 8.18. The number of benzene rings is 1. The molecule has 0 N–H and O–H groups in total. The molecule has 0 unspecified atom stereocenters. The molecule has 0 nitrogen and oxygen atoms in total. The first kappa shape index (κ1) is 51.8. The fourth-order valence-electron chi connectivity index (χ4n) is 5.70. The summed E-state index contributed by atoms with van der Waals surface area (Å²) in [6, 6.07) is -14.4. The van der Waals surface area contributed by atoms with Gasteiger partial charge < -0.3 is 0 Å². The van der Waals surface area contributed by atoms with E-state index in [-0.39, 0.29) is 0 Å². The van der Waals surface area contributed by atoms with Crippen molar-refractivity contribution in [3.05, 3.63) is 33.4 Å². The Balaban J connectivity index is 4.10. The lowest BCUT2D eigenvalue weighted by molar-refractivity contribution is 0.750. The lowest BCUT2D eigenvalue weighted by Crippen LogP contribution is -2.19. The van der Waals surface area contributed by atoms with E-state index in [4.69, 9.17) is 199 Å². The van der Waals surface area contributed by atoms with Gasteiger partial charge in [0.05, 0.1) is 0 Å². The van der Waals surface area contributed by atoms with Gasteiger partial charge in [-0.1, -0.05) is 0 Å². The van der Waals surface area contributed by atoms with E-state index in [2.05, 4.69) is 0 Å². The molecule has 0 amide bonds. The normalized spacial score (nSPS) is 13.9. The van der Waals surface area contributed by atoms with Gasteiger partial charge in [-0.05, 0) is 147 Å². The van der Waals surface area contributed by atoms with E-state index in [0.29, 0.717) is 113 Å². The van der Waals surface area contributed by atoms with Crippen molar-refractivity contribution < 1.29 is 0 Å². The van der Waals surface area contributed by atoms with E-state index in [1.807, 2.05) is 0 Å². The van der Waals surface area contributed by atoms with E-state index in [1.54, 1.807) is 0 Å². The maximum Gasteiger partial charge on any atom is 0.341 e. The van der Waals surface area contributed by atoms with Crippen molar-refractivity contribution in [1.29, 1.82) is 0 Å². The molecule has 0 fully saturated rings. The minimum absolute atomic E-state index is 0.497. The Morgan fingerprint density at radius 3 is 0.396 bits per heavy atom. The molecule has 1 aromatic carbocycles. The van der Waals surface area contributed by atoms with Gasteiger partial charge in [0.2, 0.25) is 0 Å². The summed E-state index contributed by atoms with van der Waals surface area (Å²) < 4.78 is 0. The van der Waals surface area contributed by atoms with Gasteiger partial charge in [-0.2, -0.15) is 0 Å². The molecule has 48 heavy (non-hydrogen) atoms. The number of hydrogen-bond acceptors (Lipinski definition) is 0. The smallest absolute Gasteiger partial charge is 0.126 e. The highest BCUT2D eigenvalue weighted by Crippen LogP contribution is 2.40. The lowest BCUT2D eigenvalue weighted by Gasteiger charge is -2.29. The van der Waals surface area contributed by atoms with Crippen molar-refractivity contribution >= 4 is 235 Å². The molecule has 0 aliphatic heterocycles. The zero-order chi connectivity index (χ0) is 37.2. The Kier molecular flexibility index (Phi) is 25.2. The quantitative estimate of drug-likeness (QED) is 0.0715. The summed E-state index contributed by atoms with van der Waals surface area (Å²) in [4.78, 5) is 0. The third-order valence-electron chi connectivity index (χ3n) is 7.51. The van der Waals surface area contributed by atoms with E-state index in [0.717, 1.165) is 0 Å². The van der Waals surface area contributed by atoms with E-state index in [9.17, 15) is 0 Å². The summed E-state index contributed by atoms with van der Waals surface area (Å²) in [7, 11) is 0. The standard InChI is InChI=1S/C24H36Cl18Si6/c25-43(26,27)13-1-7-19-20(8-2-14-44(28,29)30)22(10-4-16-46(34,35)36)24(12-6-18-48(40,41)42)23(11-5-17-47(37,38)39)21(19)9-3-15-45(31,32)33/h1-18H2. The number of halogens is 18. The summed E-state index contributed by atoms with van der Waals surface area (Å²) in [5, 5.41) is 0. The Hall–Kier alpha value is 5.74. The maximum atomic E-state index is 6.35. The molecule has 0 bridgehead atoms. The second kappa shape index (κ2) is 23.4. The van der Waals surface area contributed by atoms with Crippen LogP contribution in [0.2, 0.25) is 36.3 Å². The largest absolute Gasteiger partial charge is 0.341 e. The van der Waals surface area contributed by atoms with Crippen molar-refractivity contribution in [1.82, 2.24) is 0 Å². The van der Waals surface area contributed by atoms with Crippen LogP contribution in [0.4, 0.5) is 0 Å². The van der Waals surface area contributed by atoms with Gasteiger partial charge in [-0.25, -0.2) is 0 Å². The molecule has 24 heteroatoms. The average Bonchev–Trinajstić information content (AvgIpc) is 2.83. The molecule has 0 radical (unpaired) electrons. The first-order valence-corrected chi connectivity index (χ1v) is 46.6. The Labute approximate surface area is 376 Å². The molecule has 1 rings (SSSR count). The Bertz CT molecular complexity index is 875. The van der Waals surface area contributed by atoms with E-state index >= 15 is 0 Å². The van der Waals surface area contributed by atoms with Crippen LogP contribution in [0.1, 0.15) is 71.9 Å². The molecule has 0 heterocycles. The summed E-state index contributed by atoms with van der Waals surface area (Å²) in [5.74, 6) is 0. The van der Waals surface area contributed by atoms with Gasteiger partial charge in [-0.3, -0.25) is 0 Å². The number of hydrogen-bond donors (Lipinski definition) is 0. The fraction of sp³-hybridized carbons (Fsp3) is 0.750. The molecule has 0 atom stereocenters. The second-order valence-corrected chi connectivity index (χ2v) is 67.4. The molecule has 0 spiro atoms. The third-order valence-corrected chi connectivity index (χ3v) is 23.2. The SMILES string of the molecule is Cl[Si](Cl)(Cl)CCCc1c(CCC[Si](Cl)(Cl)Cl)c(CCC[Si](Cl)(Cl)Cl)c(CCC[Si](Cl)(Cl)Cl)c(CCC[Si](Cl)(Cl)Cl)c1CCC[Si](Cl)(Cl)Cl. The summed E-state index contributed by atoms with van der Waals surface area (Å²) in [5.41, 5.74) is 7.15. The first-order valence-electron chi connectivity index (χ1n) is 15.1. The minimum Gasteiger partial charge on any atom is -0.126 e. The van der Waals surface area contributed by atoms with E-state index in [1.165, 1.54) is 33.4 Å². The molecular formula is C24H36Cl18Si6. The van der Waals surface area contributed by atoms with Crippen LogP contribution in [0, 0.1) is 0 Å².